The first-order chi connectivity index (χ1) is 8.18. The zero-order valence-corrected chi connectivity index (χ0v) is 10.3. The van der Waals surface area contributed by atoms with Crippen molar-refractivity contribution in [3.05, 3.63) is 18.0 Å². The highest BCUT2D eigenvalue weighted by Crippen LogP contribution is 2.22. The van der Waals surface area contributed by atoms with Crippen LogP contribution in [0.3, 0.4) is 0 Å². The highest BCUT2D eigenvalue weighted by molar-refractivity contribution is 5.79. The van der Waals surface area contributed by atoms with E-state index in [9.17, 15) is 4.79 Å². The van der Waals surface area contributed by atoms with Gasteiger partial charge in [-0.3, -0.25) is 9.89 Å². The smallest absolute Gasteiger partial charge is 0.224 e. The summed E-state index contributed by atoms with van der Waals surface area (Å²) in [5, 5.41) is 9.66. The Morgan fingerprint density at radius 2 is 2.53 bits per heavy atom. The van der Waals surface area contributed by atoms with Gasteiger partial charge in [0.1, 0.15) is 0 Å². The molecule has 2 rings (SSSR count). The van der Waals surface area contributed by atoms with E-state index in [0.29, 0.717) is 19.1 Å². The summed E-state index contributed by atoms with van der Waals surface area (Å²) in [4.78, 5) is 12.1. The number of rotatable bonds is 3. The Morgan fingerprint density at radius 1 is 1.71 bits per heavy atom. The molecule has 1 aromatic rings. The van der Waals surface area contributed by atoms with Crippen molar-refractivity contribution in [2.24, 2.45) is 11.8 Å². The van der Waals surface area contributed by atoms with E-state index in [2.05, 4.69) is 22.4 Å². The second-order valence-corrected chi connectivity index (χ2v) is 4.71. The van der Waals surface area contributed by atoms with Crippen LogP contribution in [0.25, 0.3) is 0 Å². The average Bonchev–Trinajstić information content (AvgIpc) is 2.82. The third-order valence-electron chi connectivity index (χ3n) is 3.36. The zero-order chi connectivity index (χ0) is 12.3. The lowest BCUT2D eigenvalue weighted by Gasteiger charge is -2.28. The molecule has 2 N–H and O–H groups in total. The van der Waals surface area contributed by atoms with E-state index in [-0.39, 0.29) is 17.9 Å². The molecule has 0 spiro atoms. The van der Waals surface area contributed by atoms with Crippen LogP contribution >= 0.6 is 0 Å². The summed E-state index contributed by atoms with van der Waals surface area (Å²) in [6.07, 6.45) is 4.35. The van der Waals surface area contributed by atoms with E-state index in [0.717, 1.165) is 12.0 Å². The first-order valence-corrected chi connectivity index (χ1v) is 6.05. The summed E-state index contributed by atoms with van der Waals surface area (Å²) in [7, 11) is 0. The third kappa shape index (κ3) is 2.85. The van der Waals surface area contributed by atoms with E-state index in [1.54, 1.807) is 12.4 Å². The van der Waals surface area contributed by atoms with E-state index < -0.39 is 0 Å². The molecule has 94 valence electrons. The fourth-order valence-electron chi connectivity index (χ4n) is 2.17. The van der Waals surface area contributed by atoms with Crippen molar-refractivity contribution in [2.75, 3.05) is 13.2 Å². The Labute approximate surface area is 101 Å². The number of amides is 1. The van der Waals surface area contributed by atoms with Crippen LogP contribution in [0.4, 0.5) is 0 Å². The molecule has 1 saturated heterocycles. The molecule has 0 aromatic carbocycles. The van der Waals surface area contributed by atoms with Crippen molar-refractivity contribution in [2.45, 2.75) is 26.3 Å². The van der Waals surface area contributed by atoms with Crippen LogP contribution in [0.2, 0.25) is 0 Å². The van der Waals surface area contributed by atoms with Crippen molar-refractivity contribution in [3.8, 4) is 0 Å². The Bertz CT molecular complexity index is 364. The zero-order valence-electron chi connectivity index (χ0n) is 10.3. The Morgan fingerprint density at radius 3 is 3.18 bits per heavy atom. The van der Waals surface area contributed by atoms with Gasteiger partial charge in [-0.15, -0.1) is 0 Å². The number of carbonyl (C=O) groups excluding carboxylic acids is 1. The molecule has 0 radical (unpaired) electrons. The summed E-state index contributed by atoms with van der Waals surface area (Å²) in [5.74, 6) is 0.480. The van der Waals surface area contributed by atoms with Crippen LogP contribution in [0.5, 0.6) is 0 Å². The molecule has 0 bridgehead atoms. The van der Waals surface area contributed by atoms with Gasteiger partial charge in [-0.05, 0) is 19.3 Å². The molecule has 0 saturated carbocycles. The number of hydrogen-bond acceptors (Lipinski definition) is 3. The maximum Gasteiger partial charge on any atom is 0.224 e. The average molecular weight is 237 g/mol. The number of hydrogen-bond donors (Lipinski definition) is 2. The summed E-state index contributed by atoms with van der Waals surface area (Å²) in [6.45, 7) is 5.39. The van der Waals surface area contributed by atoms with Gasteiger partial charge in [-0.2, -0.15) is 5.10 Å². The highest BCUT2D eigenvalue weighted by Gasteiger charge is 2.29. The van der Waals surface area contributed by atoms with Crippen LogP contribution < -0.4 is 5.32 Å². The second-order valence-electron chi connectivity index (χ2n) is 4.71. The molecule has 1 aromatic heterocycles. The number of nitrogens with zero attached hydrogens (tertiary/aromatic N) is 1. The van der Waals surface area contributed by atoms with Gasteiger partial charge in [0.05, 0.1) is 12.2 Å². The first-order valence-electron chi connectivity index (χ1n) is 6.05. The molecule has 1 aliphatic heterocycles. The molecular weight excluding hydrogens is 218 g/mol. The van der Waals surface area contributed by atoms with Gasteiger partial charge in [0.25, 0.3) is 0 Å². The molecule has 1 aliphatic rings. The molecule has 5 heteroatoms. The van der Waals surface area contributed by atoms with E-state index in [1.807, 2.05) is 6.92 Å². The molecule has 1 fully saturated rings. The minimum absolute atomic E-state index is 0.00343. The van der Waals surface area contributed by atoms with Crippen LogP contribution in [0.1, 0.15) is 31.9 Å². The van der Waals surface area contributed by atoms with Crippen LogP contribution in [0, 0.1) is 11.8 Å². The topological polar surface area (TPSA) is 67.0 Å². The predicted octanol–water partition coefficient (Wildman–Crippen LogP) is 1.26. The fraction of sp³-hybridized carbons (Fsp3) is 0.667. The Hall–Kier alpha value is -1.36. The van der Waals surface area contributed by atoms with Gasteiger partial charge < -0.3 is 10.1 Å². The Kier molecular flexibility index (Phi) is 3.78. The van der Waals surface area contributed by atoms with Crippen LogP contribution in [0.15, 0.2) is 12.4 Å². The maximum absolute atomic E-state index is 12.1. The molecule has 5 nitrogen and oxygen atoms in total. The second kappa shape index (κ2) is 5.31. The number of aromatic amines is 1. The van der Waals surface area contributed by atoms with Crippen molar-refractivity contribution < 1.29 is 9.53 Å². The molecule has 3 atom stereocenters. The lowest BCUT2D eigenvalue weighted by Crippen LogP contribution is -2.39. The standard InChI is InChI=1S/C12H19N3O2/c1-8-7-17-4-3-11(8)12(16)15-9(2)10-5-13-14-6-10/h5-6,8-9,11H,3-4,7H2,1-2H3,(H,13,14)(H,15,16). The third-order valence-corrected chi connectivity index (χ3v) is 3.36. The highest BCUT2D eigenvalue weighted by atomic mass is 16.5. The van der Waals surface area contributed by atoms with Gasteiger partial charge >= 0.3 is 0 Å². The number of carbonyl (C=O) groups is 1. The molecule has 2 heterocycles. The minimum atomic E-state index is -0.00343. The molecule has 17 heavy (non-hydrogen) atoms. The molecule has 3 unspecified atom stereocenters. The van der Waals surface area contributed by atoms with Gasteiger partial charge in [-0.1, -0.05) is 6.92 Å². The van der Waals surface area contributed by atoms with Gasteiger partial charge in [-0.25, -0.2) is 0 Å². The number of aromatic nitrogens is 2. The monoisotopic (exact) mass is 237 g/mol. The molecular formula is C12H19N3O2. The molecule has 1 amide bonds. The van der Waals surface area contributed by atoms with Crippen molar-refractivity contribution in [3.63, 3.8) is 0 Å². The molecule has 0 aliphatic carbocycles. The summed E-state index contributed by atoms with van der Waals surface area (Å²) < 4.78 is 5.34. The summed E-state index contributed by atoms with van der Waals surface area (Å²) >= 11 is 0. The van der Waals surface area contributed by atoms with Gasteiger partial charge in [0.2, 0.25) is 5.91 Å². The van der Waals surface area contributed by atoms with E-state index in [4.69, 9.17) is 4.74 Å². The van der Waals surface area contributed by atoms with Crippen LogP contribution in [-0.2, 0) is 9.53 Å². The lowest BCUT2D eigenvalue weighted by molar-refractivity contribution is -0.131. The summed E-state index contributed by atoms with van der Waals surface area (Å²) in [6, 6.07) is -0.00343. The van der Waals surface area contributed by atoms with Gasteiger partial charge in [0.15, 0.2) is 0 Å². The first kappa shape index (κ1) is 12.1. The fourth-order valence-corrected chi connectivity index (χ4v) is 2.17. The number of ether oxygens (including phenoxy) is 1. The normalized spacial score (nSPS) is 26.5. The number of nitrogens with one attached hydrogen (secondary N) is 2. The van der Waals surface area contributed by atoms with E-state index >= 15 is 0 Å². The largest absolute Gasteiger partial charge is 0.381 e. The maximum atomic E-state index is 12.1. The van der Waals surface area contributed by atoms with Crippen molar-refractivity contribution in [1.29, 1.82) is 0 Å². The SMILES string of the molecule is CC(NC(=O)C1CCOCC1C)c1cn[nH]c1. The van der Waals surface area contributed by atoms with E-state index in [1.165, 1.54) is 0 Å². The van der Waals surface area contributed by atoms with Crippen molar-refractivity contribution >= 4 is 5.91 Å². The Balaban J connectivity index is 1.92. The minimum Gasteiger partial charge on any atom is -0.381 e. The number of H-pyrrole nitrogens is 1. The lowest BCUT2D eigenvalue weighted by atomic mass is 9.89. The quantitative estimate of drug-likeness (QED) is 0.831. The van der Waals surface area contributed by atoms with Crippen molar-refractivity contribution in [1.82, 2.24) is 15.5 Å². The van der Waals surface area contributed by atoms with Gasteiger partial charge in [0, 0.05) is 30.9 Å². The summed E-state index contributed by atoms with van der Waals surface area (Å²) in [5.41, 5.74) is 0.998. The predicted molar refractivity (Wildman–Crippen MR) is 63.2 cm³/mol. The van der Waals surface area contributed by atoms with Crippen LogP contribution in [-0.4, -0.2) is 29.3 Å².